The van der Waals surface area contributed by atoms with E-state index in [2.05, 4.69) is 42.3 Å². The molecule has 1 fully saturated rings. The molecule has 1 aliphatic rings. The summed E-state index contributed by atoms with van der Waals surface area (Å²) in [6.45, 7) is 7.82. The summed E-state index contributed by atoms with van der Waals surface area (Å²) in [6, 6.07) is 13.8. The number of ether oxygens (including phenoxy) is 1. The van der Waals surface area contributed by atoms with E-state index in [0.717, 1.165) is 42.1 Å². The molecular formula is C23H29ClN2O3. The Morgan fingerprint density at radius 3 is 2.45 bits per heavy atom. The summed E-state index contributed by atoms with van der Waals surface area (Å²) in [5, 5.41) is 13.5. The molecule has 0 aliphatic carbocycles. The van der Waals surface area contributed by atoms with Crippen molar-refractivity contribution in [1.82, 2.24) is 0 Å². The first-order valence-electron chi connectivity index (χ1n) is 10.1. The third kappa shape index (κ3) is 5.64. The number of nitrogens with one attached hydrogen (secondary N) is 1. The number of carboxylic acid groups (broad SMARTS) is 1. The molecule has 2 aromatic rings. The number of hydrogen-bond donors (Lipinski definition) is 2. The Kier molecular flexibility index (Phi) is 7.04. The van der Waals surface area contributed by atoms with Crippen LogP contribution in [0.1, 0.15) is 45.1 Å². The Hall–Kier alpha value is -2.24. The molecule has 0 radical (unpaired) electrons. The number of halogens is 1. The Balaban J connectivity index is 1.97. The zero-order valence-electron chi connectivity index (χ0n) is 17.2. The second-order valence-corrected chi connectivity index (χ2v) is 8.21. The summed E-state index contributed by atoms with van der Waals surface area (Å²) in [4.78, 5) is 13.6. The van der Waals surface area contributed by atoms with Crippen LogP contribution in [0.3, 0.4) is 0 Å². The van der Waals surface area contributed by atoms with Gasteiger partial charge in [-0.15, -0.1) is 0 Å². The van der Waals surface area contributed by atoms with Crippen molar-refractivity contribution >= 4 is 34.6 Å². The lowest BCUT2D eigenvalue weighted by Crippen LogP contribution is -2.45. The Bertz CT molecular complexity index is 831. The average Bonchev–Trinajstić information content (AvgIpc) is 2.67. The van der Waals surface area contributed by atoms with E-state index < -0.39 is 5.97 Å². The van der Waals surface area contributed by atoms with E-state index in [9.17, 15) is 9.90 Å². The number of carbonyl (C=O) groups is 1. The minimum atomic E-state index is -0.774. The van der Waals surface area contributed by atoms with Gasteiger partial charge in [0.2, 0.25) is 0 Å². The summed E-state index contributed by atoms with van der Waals surface area (Å²) < 4.78 is 5.89. The number of benzene rings is 2. The van der Waals surface area contributed by atoms with E-state index in [1.807, 2.05) is 31.2 Å². The molecule has 0 amide bonds. The van der Waals surface area contributed by atoms with E-state index in [4.69, 9.17) is 16.3 Å². The van der Waals surface area contributed by atoms with Crippen LogP contribution in [0.4, 0.5) is 17.1 Å². The van der Waals surface area contributed by atoms with Crippen molar-refractivity contribution in [2.75, 3.05) is 23.3 Å². The van der Waals surface area contributed by atoms with Gasteiger partial charge in [-0.25, -0.2) is 0 Å². The van der Waals surface area contributed by atoms with E-state index in [1.54, 1.807) is 0 Å². The fraction of sp³-hybridized carbons (Fsp3) is 0.435. The average molecular weight is 417 g/mol. The van der Waals surface area contributed by atoms with Crippen molar-refractivity contribution in [3.8, 4) is 0 Å². The summed E-state index contributed by atoms with van der Waals surface area (Å²) in [5.74, 6) is -0.793. The monoisotopic (exact) mass is 416 g/mol. The van der Waals surface area contributed by atoms with Crippen LogP contribution < -0.4 is 10.2 Å². The predicted molar refractivity (Wildman–Crippen MR) is 119 cm³/mol. The third-order valence-corrected chi connectivity index (χ3v) is 5.54. The standard InChI is InChI=1S/C23H29ClN2O3/c1-4-17(12-23(27)28)18-5-10-22(26-13-15(2)29-16(3)14-26)21(11-18)25-20-8-6-19(24)7-9-20/h5-11,15-17,25H,4,12-14H2,1-3H3,(H,27,28)/t15-,16+,17-/m0/s1. The SMILES string of the molecule is CC[C@@H](CC(=O)O)c1ccc(N2C[C@@H](C)O[C@@H](C)C2)c(Nc2ccc(Cl)cc2)c1. The molecule has 29 heavy (non-hydrogen) atoms. The molecule has 0 spiro atoms. The molecule has 1 heterocycles. The van der Waals surface area contributed by atoms with Crippen LogP contribution >= 0.6 is 11.6 Å². The van der Waals surface area contributed by atoms with Crippen LogP contribution in [0.25, 0.3) is 0 Å². The molecule has 156 valence electrons. The van der Waals surface area contributed by atoms with Gasteiger partial charge in [-0.05, 0) is 68.1 Å². The van der Waals surface area contributed by atoms with Crippen molar-refractivity contribution in [3.63, 3.8) is 0 Å². The van der Waals surface area contributed by atoms with Crippen molar-refractivity contribution in [1.29, 1.82) is 0 Å². The van der Waals surface area contributed by atoms with Gasteiger partial charge in [-0.1, -0.05) is 24.6 Å². The molecule has 0 bridgehead atoms. The Morgan fingerprint density at radius 1 is 1.21 bits per heavy atom. The van der Waals surface area contributed by atoms with Gasteiger partial charge in [0.05, 0.1) is 30.0 Å². The maximum absolute atomic E-state index is 11.3. The molecular weight excluding hydrogens is 388 g/mol. The van der Waals surface area contributed by atoms with Crippen molar-refractivity contribution < 1.29 is 14.6 Å². The first kappa shape index (κ1) is 21.5. The number of carboxylic acids is 1. The Morgan fingerprint density at radius 2 is 1.86 bits per heavy atom. The molecule has 1 saturated heterocycles. The van der Waals surface area contributed by atoms with E-state index >= 15 is 0 Å². The van der Waals surface area contributed by atoms with Crippen molar-refractivity contribution in [2.45, 2.75) is 51.7 Å². The van der Waals surface area contributed by atoms with Gasteiger partial charge in [0.25, 0.3) is 0 Å². The van der Waals surface area contributed by atoms with Crippen LogP contribution in [-0.4, -0.2) is 36.4 Å². The minimum absolute atomic E-state index is 0.0187. The molecule has 1 aliphatic heterocycles. The summed E-state index contributed by atoms with van der Waals surface area (Å²) >= 11 is 6.03. The lowest BCUT2D eigenvalue weighted by molar-refractivity contribution is -0.137. The summed E-state index contributed by atoms with van der Waals surface area (Å²) in [7, 11) is 0. The second kappa shape index (κ2) is 9.51. The van der Waals surface area contributed by atoms with Gasteiger partial charge >= 0.3 is 5.97 Å². The molecule has 0 saturated carbocycles. The molecule has 2 aromatic carbocycles. The Labute approximate surface area is 177 Å². The maximum Gasteiger partial charge on any atom is 0.303 e. The van der Waals surface area contributed by atoms with Gasteiger partial charge in [-0.2, -0.15) is 0 Å². The van der Waals surface area contributed by atoms with Crippen LogP contribution in [-0.2, 0) is 9.53 Å². The highest BCUT2D eigenvalue weighted by molar-refractivity contribution is 6.30. The van der Waals surface area contributed by atoms with Crippen LogP contribution in [0.5, 0.6) is 0 Å². The second-order valence-electron chi connectivity index (χ2n) is 7.77. The number of aliphatic carboxylic acids is 1. The van der Waals surface area contributed by atoms with Gasteiger partial charge in [0.15, 0.2) is 0 Å². The van der Waals surface area contributed by atoms with E-state index in [-0.39, 0.29) is 24.5 Å². The third-order valence-electron chi connectivity index (χ3n) is 5.29. The topological polar surface area (TPSA) is 61.8 Å². The number of hydrogen-bond acceptors (Lipinski definition) is 4. The van der Waals surface area contributed by atoms with Gasteiger partial charge in [0.1, 0.15) is 0 Å². The highest BCUT2D eigenvalue weighted by Crippen LogP contribution is 2.35. The summed E-state index contributed by atoms with van der Waals surface area (Å²) in [6.07, 6.45) is 1.20. The molecule has 3 atom stereocenters. The van der Waals surface area contributed by atoms with E-state index in [0.29, 0.717) is 5.02 Å². The first-order valence-corrected chi connectivity index (χ1v) is 10.5. The number of nitrogens with zero attached hydrogens (tertiary/aromatic N) is 1. The predicted octanol–water partition coefficient (Wildman–Crippen LogP) is 5.67. The molecule has 2 N–H and O–H groups in total. The van der Waals surface area contributed by atoms with Crippen LogP contribution in [0.2, 0.25) is 5.02 Å². The molecule has 0 unspecified atom stereocenters. The van der Waals surface area contributed by atoms with Gasteiger partial charge in [-0.3, -0.25) is 4.79 Å². The lowest BCUT2D eigenvalue weighted by Gasteiger charge is -2.38. The smallest absolute Gasteiger partial charge is 0.303 e. The minimum Gasteiger partial charge on any atom is -0.481 e. The van der Waals surface area contributed by atoms with Crippen molar-refractivity contribution in [2.24, 2.45) is 0 Å². The quantitative estimate of drug-likeness (QED) is 0.609. The zero-order chi connectivity index (χ0) is 21.0. The molecule has 3 rings (SSSR count). The lowest BCUT2D eigenvalue weighted by atomic mass is 9.92. The largest absolute Gasteiger partial charge is 0.481 e. The maximum atomic E-state index is 11.3. The fourth-order valence-electron chi connectivity index (χ4n) is 3.96. The highest BCUT2D eigenvalue weighted by Gasteiger charge is 2.25. The van der Waals surface area contributed by atoms with Gasteiger partial charge < -0.3 is 20.1 Å². The van der Waals surface area contributed by atoms with Crippen molar-refractivity contribution in [3.05, 3.63) is 53.1 Å². The van der Waals surface area contributed by atoms with E-state index in [1.165, 1.54) is 0 Å². The number of rotatable bonds is 7. The molecule has 6 heteroatoms. The van der Waals surface area contributed by atoms with Crippen LogP contribution in [0.15, 0.2) is 42.5 Å². The first-order chi connectivity index (χ1) is 13.9. The van der Waals surface area contributed by atoms with Crippen LogP contribution in [0, 0.1) is 0 Å². The zero-order valence-corrected chi connectivity index (χ0v) is 17.9. The number of morpholine rings is 1. The molecule has 5 nitrogen and oxygen atoms in total. The number of anilines is 3. The normalized spacial score (nSPS) is 20.3. The van der Waals surface area contributed by atoms with Gasteiger partial charge in [0, 0.05) is 23.8 Å². The molecule has 0 aromatic heterocycles. The fourth-order valence-corrected chi connectivity index (χ4v) is 4.08. The highest BCUT2D eigenvalue weighted by atomic mass is 35.5. The summed E-state index contributed by atoms with van der Waals surface area (Å²) in [5.41, 5.74) is 4.03.